The van der Waals surface area contributed by atoms with Crippen molar-refractivity contribution in [2.75, 3.05) is 11.4 Å². The largest absolute Gasteiger partial charge is 0.416 e. The van der Waals surface area contributed by atoms with E-state index >= 15 is 0 Å². The first-order valence-electron chi connectivity index (χ1n) is 7.11. The summed E-state index contributed by atoms with van der Waals surface area (Å²) in [6.45, 7) is 0.421. The molecule has 2 aromatic rings. The summed E-state index contributed by atoms with van der Waals surface area (Å²) < 4.78 is 38.4. The number of aliphatic hydroxyl groups is 1. The number of anilines is 1. The number of hydrogen-bond acceptors (Lipinski definition) is 3. The Morgan fingerprint density at radius 2 is 2.09 bits per heavy atom. The van der Waals surface area contributed by atoms with Gasteiger partial charge in [-0.3, -0.25) is 4.79 Å². The normalized spacial score (nSPS) is 20.2. The van der Waals surface area contributed by atoms with Gasteiger partial charge in [-0.05, 0) is 31.0 Å². The minimum atomic E-state index is -4.66. The summed E-state index contributed by atoms with van der Waals surface area (Å²) in [6.07, 6.45) is -6.23. The lowest BCUT2D eigenvalue weighted by Gasteiger charge is -2.31. The van der Waals surface area contributed by atoms with Crippen LogP contribution >= 0.6 is 11.6 Å². The minimum absolute atomic E-state index is 0.234. The fourth-order valence-corrected chi connectivity index (χ4v) is 3.29. The summed E-state index contributed by atoms with van der Waals surface area (Å²) in [5.41, 5.74) is 0.706. The number of alkyl halides is 3. The van der Waals surface area contributed by atoms with Crippen LogP contribution in [0.4, 0.5) is 18.9 Å². The van der Waals surface area contributed by atoms with Crippen molar-refractivity contribution in [1.29, 1.82) is 0 Å². The Kier molecular flexibility index (Phi) is 4.01. The lowest BCUT2D eigenvalue weighted by Crippen LogP contribution is -2.47. The Hall–Kier alpha value is -1.73. The van der Waals surface area contributed by atoms with Crippen LogP contribution in [0.15, 0.2) is 29.1 Å². The Balaban J connectivity index is 2.00. The van der Waals surface area contributed by atoms with Gasteiger partial charge in [0.05, 0.1) is 11.1 Å². The number of fused-ring (bicyclic) bond motifs is 1. The third-order valence-corrected chi connectivity index (χ3v) is 4.42. The number of pyridine rings is 1. The molecular weight excluding hydrogens is 333 g/mol. The molecule has 2 atom stereocenters. The van der Waals surface area contributed by atoms with E-state index in [1.165, 1.54) is 6.07 Å². The molecule has 1 aromatic carbocycles. The van der Waals surface area contributed by atoms with Crippen LogP contribution in [0.2, 0.25) is 5.02 Å². The van der Waals surface area contributed by atoms with Gasteiger partial charge in [0.15, 0.2) is 6.10 Å². The quantitative estimate of drug-likeness (QED) is 0.878. The van der Waals surface area contributed by atoms with Gasteiger partial charge in [0.1, 0.15) is 0 Å². The first-order valence-corrected chi connectivity index (χ1v) is 7.49. The lowest BCUT2D eigenvalue weighted by atomic mass is 10.1. The van der Waals surface area contributed by atoms with Gasteiger partial charge < -0.3 is 15.0 Å². The number of nitrogens with zero attached hydrogens (tertiary/aromatic N) is 1. The van der Waals surface area contributed by atoms with E-state index in [-0.39, 0.29) is 17.0 Å². The van der Waals surface area contributed by atoms with E-state index in [0.717, 1.165) is 0 Å². The Labute approximate surface area is 134 Å². The molecule has 0 bridgehead atoms. The Bertz CT molecular complexity index is 790. The molecule has 0 amide bonds. The van der Waals surface area contributed by atoms with Crippen molar-refractivity contribution in [3.8, 4) is 0 Å². The van der Waals surface area contributed by atoms with E-state index in [9.17, 15) is 23.1 Å². The maximum Gasteiger partial charge on any atom is 0.416 e. The molecular formula is C15H14ClF3N2O2. The molecule has 1 saturated heterocycles. The lowest BCUT2D eigenvalue weighted by molar-refractivity contribution is -0.209. The molecule has 8 heteroatoms. The van der Waals surface area contributed by atoms with Crippen molar-refractivity contribution in [3.05, 3.63) is 39.6 Å². The average Bonchev–Trinajstić information content (AvgIpc) is 2.94. The maximum atomic E-state index is 12.8. The van der Waals surface area contributed by atoms with Gasteiger partial charge in [-0.1, -0.05) is 11.6 Å². The van der Waals surface area contributed by atoms with Crippen LogP contribution in [-0.2, 0) is 0 Å². The van der Waals surface area contributed by atoms with Gasteiger partial charge in [-0.15, -0.1) is 0 Å². The van der Waals surface area contributed by atoms with Crippen molar-refractivity contribution < 1.29 is 18.3 Å². The molecule has 0 saturated carbocycles. The van der Waals surface area contributed by atoms with Crippen molar-refractivity contribution in [2.24, 2.45) is 0 Å². The molecule has 1 aliphatic rings. The molecule has 4 nitrogen and oxygen atoms in total. The average molecular weight is 347 g/mol. The van der Waals surface area contributed by atoms with Crippen LogP contribution in [-0.4, -0.2) is 35.0 Å². The maximum absolute atomic E-state index is 12.8. The molecule has 0 radical (unpaired) electrons. The zero-order chi connectivity index (χ0) is 16.8. The number of hydrogen-bond donors (Lipinski definition) is 2. The molecule has 0 aliphatic carbocycles. The monoisotopic (exact) mass is 346 g/mol. The zero-order valence-corrected chi connectivity index (χ0v) is 12.7. The predicted molar refractivity (Wildman–Crippen MR) is 82.0 cm³/mol. The van der Waals surface area contributed by atoms with E-state index in [4.69, 9.17) is 11.6 Å². The molecule has 124 valence electrons. The predicted octanol–water partition coefficient (Wildman–Crippen LogP) is 3.07. The smallest absolute Gasteiger partial charge is 0.382 e. The highest BCUT2D eigenvalue weighted by atomic mass is 35.5. The van der Waals surface area contributed by atoms with Crippen LogP contribution in [0.1, 0.15) is 12.8 Å². The number of nitrogens with one attached hydrogen (secondary N) is 1. The first kappa shape index (κ1) is 16.1. The van der Waals surface area contributed by atoms with Crippen molar-refractivity contribution in [2.45, 2.75) is 31.2 Å². The third kappa shape index (κ3) is 3.03. The summed E-state index contributed by atoms with van der Waals surface area (Å²) in [5, 5.41) is 10.4. The molecule has 23 heavy (non-hydrogen) atoms. The summed E-state index contributed by atoms with van der Waals surface area (Å²) in [6, 6.07) is 5.06. The van der Waals surface area contributed by atoms with Crippen LogP contribution in [0, 0.1) is 0 Å². The number of H-pyrrole nitrogens is 1. The molecule has 1 aliphatic heterocycles. The highest BCUT2D eigenvalue weighted by Gasteiger charge is 2.47. The van der Waals surface area contributed by atoms with Crippen molar-refractivity contribution >= 4 is 28.2 Å². The Morgan fingerprint density at radius 1 is 1.35 bits per heavy atom. The summed E-state index contributed by atoms with van der Waals surface area (Å²) in [5.74, 6) is 0. The van der Waals surface area contributed by atoms with E-state index in [1.54, 1.807) is 23.1 Å². The van der Waals surface area contributed by atoms with Gasteiger partial charge in [0.2, 0.25) is 5.56 Å². The zero-order valence-electron chi connectivity index (χ0n) is 11.9. The fourth-order valence-electron chi connectivity index (χ4n) is 3.04. The first-order chi connectivity index (χ1) is 10.8. The third-order valence-electron chi connectivity index (χ3n) is 4.11. The molecule has 1 aromatic heterocycles. The molecule has 2 N–H and O–H groups in total. The van der Waals surface area contributed by atoms with Crippen molar-refractivity contribution in [1.82, 2.24) is 4.98 Å². The second kappa shape index (κ2) is 5.72. The molecule has 2 heterocycles. The van der Waals surface area contributed by atoms with Crippen LogP contribution in [0.25, 0.3) is 10.9 Å². The summed E-state index contributed by atoms with van der Waals surface area (Å²) in [4.78, 5) is 15.5. The number of aliphatic hydroxyl groups excluding tert-OH is 1. The molecule has 1 fully saturated rings. The number of aromatic amines is 1. The van der Waals surface area contributed by atoms with Crippen LogP contribution < -0.4 is 10.5 Å². The SMILES string of the molecule is O=c1cc(Cl)c2cc(N3CCC[C@@H]3C(O)C(F)(F)F)ccc2[nH]1. The van der Waals surface area contributed by atoms with Crippen LogP contribution in [0.3, 0.4) is 0 Å². The standard InChI is InChI=1S/C15H14ClF3N2O2/c16-10-7-13(22)20-11-4-3-8(6-9(10)11)21-5-1-2-12(21)14(23)15(17,18)19/h3-4,6-7,12,14,23H,1-2,5H2,(H,20,22)/t12-,14?/m1/s1. The highest BCUT2D eigenvalue weighted by Crippen LogP contribution is 2.35. The van der Waals surface area contributed by atoms with Crippen LogP contribution in [0.5, 0.6) is 0 Å². The second-order valence-corrected chi connectivity index (χ2v) is 6.01. The molecule has 3 rings (SSSR count). The fraction of sp³-hybridized carbons (Fsp3) is 0.400. The van der Waals surface area contributed by atoms with Gasteiger partial charge in [-0.25, -0.2) is 0 Å². The van der Waals surface area contributed by atoms with Gasteiger partial charge in [0.25, 0.3) is 0 Å². The number of rotatable bonds is 2. The highest BCUT2D eigenvalue weighted by molar-refractivity contribution is 6.35. The minimum Gasteiger partial charge on any atom is -0.382 e. The van der Waals surface area contributed by atoms with E-state index < -0.39 is 18.3 Å². The van der Waals surface area contributed by atoms with Gasteiger partial charge in [0, 0.05) is 29.2 Å². The second-order valence-electron chi connectivity index (χ2n) is 5.60. The van der Waals surface area contributed by atoms with E-state index in [0.29, 0.717) is 29.6 Å². The van der Waals surface area contributed by atoms with Gasteiger partial charge >= 0.3 is 6.18 Å². The van der Waals surface area contributed by atoms with Crippen molar-refractivity contribution in [3.63, 3.8) is 0 Å². The van der Waals surface area contributed by atoms with Gasteiger partial charge in [-0.2, -0.15) is 13.2 Å². The molecule has 0 spiro atoms. The summed E-state index contributed by atoms with van der Waals surface area (Å²) in [7, 11) is 0. The van der Waals surface area contributed by atoms with E-state index in [2.05, 4.69) is 4.98 Å². The number of benzene rings is 1. The summed E-state index contributed by atoms with van der Waals surface area (Å²) >= 11 is 6.04. The number of aromatic nitrogens is 1. The number of halogens is 4. The topological polar surface area (TPSA) is 56.3 Å². The Morgan fingerprint density at radius 3 is 2.78 bits per heavy atom. The van der Waals surface area contributed by atoms with E-state index in [1.807, 2.05) is 0 Å². The molecule has 1 unspecified atom stereocenters.